The van der Waals surface area contributed by atoms with E-state index in [-0.39, 0.29) is 5.56 Å². The van der Waals surface area contributed by atoms with E-state index in [0.717, 1.165) is 5.56 Å². The van der Waals surface area contributed by atoms with E-state index in [4.69, 9.17) is 0 Å². The van der Waals surface area contributed by atoms with Gasteiger partial charge in [-0.25, -0.2) is 4.98 Å². The predicted molar refractivity (Wildman–Crippen MR) is 68.5 cm³/mol. The van der Waals surface area contributed by atoms with Gasteiger partial charge in [-0.05, 0) is 18.1 Å². The van der Waals surface area contributed by atoms with E-state index in [1.54, 1.807) is 6.20 Å². The van der Waals surface area contributed by atoms with Crippen LogP contribution in [0, 0.1) is 6.92 Å². The molecule has 0 amide bonds. The summed E-state index contributed by atoms with van der Waals surface area (Å²) in [6.45, 7) is 2.05. The number of fused-ring (bicyclic) bond motifs is 1. The van der Waals surface area contributed by atoms with Gasteiger partial charge < -0.3 is 4.98 Å². The van der Waals surface area contributed by atoms with E-state index in [1.165, 1.54) is 5.56 Å². The molecule has 0 bridgehead atoms. The molecule has 2 aromatic heterocycles. The lowest BCUT2D eigenvalue weighted by Gasteiger charge is -2.04. The van der Waals surface area contributed by atoms with Crippen molar-refractivity contribution in [3.05, 3.63) is 57.8 Å². The van der Waals surface area contributed by atoms with Gasteiger partial charge >= 0.3 is 0 Å². The number of hydrogen-bond donors (Lipinski definition) is 2. The minimum absolute atomic E-state index is 0.180. The van der Waals surface area contributed by atoms with Crippen LogP contribution in [-0.2, 0) is 6.42 Å². The van der Waals surface area contributed by atoms with E-state index >= 15 is 0 Å². The molecular weight excluding hydrogens is 228 g/mol. The average molecular weight is 240 g/mol. The van der Waals surface area contributed by atoms with E-state index in [1.807, 2.05) is 31.2 Å². The molecule has 5 nitrogen and oxygen atoms in total. The van der Waals surface area contributed by atoms with E-state index in [9.17, 15) is 4.79 Å². The number of aromatic nitrogens is 4. The molecule has 3 aromatic rings. The van der Waals surface area contributed by atoms with Gasteiger partial charge in [-0.2, -0.15) is 5.10 Å². The van der Waals surface area contributed by atoms with Gasteiger partial charge in [0.25, 0.3) is 5.56 Å². The number of H-pyrrole nitrogens is 2. The predicted octanol–water partition coefficient (Wildman–Crippen LogP) is 1.55. The Kier molecular flexibility index (Phi) is 2.44. The highest BCUT2D eigenvalue weighted by Gasteiger charge is 2.06. The van der Waals surface area contributed by atoms with Crippen LogP contribution in [0.1, 0.15) is 17.0 Å². The van der Waals surface area contributed by atoms with Gasteiger partial charge in [0.1, 0.15) is 16.9 Å². The zero-order valence-corrected chi connectivity index (χ0v) is 9.90. The summed E-state index contributed by atoms with van der Waals surface area (Å²) in [5, 5.41) is 6.45. The lowest BCUT2D eigenvalue weighted by molar-refractivity contribution is 0.963. The molecule has 0 aliphatic rings. The fraction of sp³-hybridized carbons (Fsp3) is 0.154. The van der Waals surface area contributed by atoms with Crippen LogP contribution in [0.3, 0.4) is 0 Å². The summed E-state index contributed by atoms with van der Waals surface area (Å²) in [5.74, 6) is 0.656. The standard InChI is InChI=1S/C13H12N4O/c1-8-4-2-3-5-9(8)6-11-15-10-7-14-17-12(10)13(18)16-11/h2-5,7H,6H2,1H3,(H,14,17)(H,15,16,18). The quantitative estimate of drug-likeness (QED) is 0.713. The van der Waals surface area contributed by atoms with Crippen LogP contribution in [0.25, 0.3) is 11.0 Å². The molecular formula is C13H12N4O. The van der Waals surface area contributed by atoms with E-state index in [0.29, 0.717) is 23.3 Å². The number of aryl methyl sites for hydroxylation is 1. The molecule has 0 aliphatic carbocycles. The molecule has 1 aromatic carbocycles. The Morgan fingerprint density at radius 3 is 2.94 bits per heavy atom. The van der Waals surface area contributed by atoms with Crippen molar-refractivity contribution in [1.82, 2.24) is 20.2 Å². The van der Waals surface area contributed by atoms with Crippen molar-refractivity contribution in [2.45, 2.75) is 13.3 Å². The first-order chi connectivity index (χ1) is 8.74. The second-order valence-corrected chi connectivity index (χ2v) is 4.25. The Balaban J connectivity index is 2.05. The summed E-state index contributed by atoms with van der Waals surface area (Å²) in [6, 6.07) is 8.06. The van der Waals surface area contributed by atoms with Gasteiger partial charge in [-0.3, -0.25) is 9.89 Å². The molecule has 90 valence electrons. The molecule has 2 N–H and O–H groups in total. The monoisotopic (exact) mass is 240 g/mol. The zero-order valence-electron chi connectivity index (χ0n) is 9.90. The number of hydrogen-bond acceptors (Lipinski definition) is 3. The summed E-state index contributed by atoms with van der Waals surface area (Å²) in [6.07, 6.45) is 2.18. The van der Waals surface area contributed by atoms with Crippen LogP contribution >= 0.6 is 0 Å². The van der Waals surface area contributed by atoms with Gasteiger partial charge in [0.05, 0.1) is 6.20 Å². The second kappa shape index (κ2) is 4.10. The van der Waals surface area contributed by atoms with Crippen LogP contribution in [0.2, 0.25) is 0 Å². The number of benzene rings is 1. The number of rotatable bonds is 2. The summed E-state index contributed by atoms with van der Waals surface area (Å²) >= 11 is 0. The van der Waals surface area contributed by atoms with Crippen LogP contribution in [0.15, 0.2) is 35.3 Å². The van der Waals surface area contributed by atoms with Crippen molar-refractivity contribution in [3.8, 4) is 0 Å². The van der Waals surface area contributed by atoms with E-state index < -0.39 is 0 Å². The first-order valence-electron chi connectivity index (χ1n) is 5.71. The third kappa shape index (κ3) is 1.79. The highest BCUT2D eigenvalue weighted by Crippen LogP contribution is 2.11. The van der Waals surface area contributed by atoms with Gasteiger partial charge in [-0.1, -0.05) is 24.3 Å². The Bertz CT molecular complexity index is 757. The molecule has 0 spiro atoms. The van der Waals surface area contributed by atoms with Gasteiger partial charge in [0.15, 0.2) is 0 Å². The zero-order chi connectivity index (χ0) is 12.5. The van der Waals surface area contributed by atoms with Crippen molar-refractivity contribution in [1.29, 1.82) is 0 Å². The molecule has 0 unspecified atom stereocenters. The highest BCUT2D eigenvalue weighted by atomic mass is 16.1. The second-order valence-electron chi connectivity index (χ2n) is 4.25. The SMILES string of the molecule is Cc1ccccc1Cc1nc2cn[nH]c2c(=O)[nH]1. The maximum Gasteiger partial charge on any atom is 0.276 e. The summed E-state index contributed by atoms with van der Waals surface area (Å²) < 4.78 is 0. The summed E-state index contributed by atoms with van der Waals surface area (Å²) in [4.78, 5) is 18.9. The van der Waals surface area contributed by atoms with Gasteiger partial charge in [-0.15, -0.1) is 0 Å². The largest absolute Gasteiger partial charge is 0.308 e. The van der Waals surface area contributed by atoms with Crippen LogP contribution < -0.4 is 5.56 Å². The van der Waals surface area contributed by atoms with Crippen molar-refractivity contribution >= 4 is 11.0 Å². The van der Waals surface area contributed by atoms with E-state index in [2.05, 4.69) is 20.2 Å². The summed E-state index contributed by atoms with van der Waals surface area (Å²) in [7, 11) is 0. The highest BCUT2D eigenvalue weighted by molar-refractivity contribution is 5.71. The molecule has 0 radical (unpaired) electrons. The van der Waals surface area contributed by atoms with Gasteiger partial charge in [0.2, 0.25) is 0 Å². The average Bonchev–Trinajstić information content (AvgIpc) is 2.81. The third-order valence-electron chi connectivity index (χ3n) is 2.98. The first kappa shape index (κ1) is 10.7. The van der Waals surface area contributed by atoms with Crippen LogP contribution in [0.4, 0.5) is 0 Å². The molecule has 0 fully saturated rings. The fourth-order valence-corrected chi connectivity index (χ4v) is 1.97. The molecule has 5 heteroatoms. The molecule has 0 aliphatic heterocycles. The number of nitrogens with one attached hydrogen (secondary N) is 2. The lowest BCUT2D eigenvalue weighted by atomic mass is 10.1. The third-order valence-corrected chi connectivity index (χ3v) is 2.98. The van der Waals surface area contributed by atoms with Crippen molar-refractivity contribution in [2.24, 2.45) is 0 Å². The van der Waals surface area contributed by atoms with Crippen molar-refractivity contribution < 1.29 is 0 Å². The first-order valence-corrected chi connectivity index (χ1v) is 5.71. The maximum atomic E-state index is 11.8. The minimum atomic E-state index is -0.180. The minimum Gasteiger partial charge on any atom is -0.308 e. The van der Waals surface area contributed by atoms with Crippen molar-refractivity contribution in [2.75, 3.05) is 0 Å². The molecule has 2 heterocycles. The molecule has 0 atom stereocenters. The van der Waals surface area contributed by atoms with Crippen LogP contribution in [0.5, 0.6) is 0 Å². The van der Waals surface area contributed by atoms with Gasteiger partial charge in [0, 0.05) is 6.42 Å². The fourth-order valence-electron chi connectivity index (χ4n) is 1.97. The van der Waals surface area contributed by atoms with Crippen LogP contribution in [-0.4, -0.2) is 20.2 Å². The summed E-state index contributed by atoms with van der Waals surface area (Å²) in [5.41, 5.74) is 3.18. The van der Waals surface area contributed by atoms with Crippen molar-refractivity contribution in [3.63, 3.8) is 0 Å². The number of nitrogens with zero attached hydrogens (tertiary/aromatic N) is 2. The lowest BCUT2D eigenvalue weighted by Crippen LogP contribution is -2.12. The maximum absolute atomic E-state index is 11.8. The molecule has 18 heavy (non-hydrogen) atoms. The topological polar surface area (TPSA) is 74.4 Å². The normalized spacial score (nSPS) is 10.9. The Hall–Kier alpha value is -2.43. The Morgan fingerprint density at radius 2 is 2.11 bits per heavy atom. The smallest absolute Gasteiger partial charge is 0.276 e. The molecule has 0 saturated heterocycles. The Labute approximate surface area is 103 Å². The number of aromatic amines is 2. The molecule has 0 saturated carbocycles. The molecule has 3 rings (SSSR count). The Morgan fingerprint density at radius 1 is 1.28 bits per heavy atom.